The Balaban J connectivity index is 1.38. The third-order valence-electron chi connectivity index (χ3n) is 6.65. The van der Waals surface area contributed by atoms with Gasteiger partial charge in [0.25, 0.3) is 15.9 Å². The number of aromatic amines is 1. The van der Waals surface area contributed by atoms with Crippen molar-refractivity contribution in [2.24, 2.45) is 0 Å². The minimum atomic E-state index is -3.98. The van der Waals surface area contributed by atoms with Gasteiger partial charge in [-0.25, -0.2) is 8.42 Å². The molecule has 0 aliphatic carbocycles. The second kappa shape index (κ2) is 10.5. The van der Waals surface area contributed by atoms with Crippen LogP contribution in [0.4, 0.5) is 5.69 Å². The van der Waals surface area contributed by atoms with Gasteiger partial charge in [-0.2, -0.15) is 0 Å². The lowest BCUT2D eigenvalue weighted by atomic mass is 10.0. The number of H-pyrrole nitrogens is 1. The summed E-state index contributed by atoms with van der Waals surface area (Å²) in [7, 11) is -3.98. The molecular weight excluding hydrogens is 518 g/mol. The summed E-state index contributed by atoms with van der Waals surface area (Å²) >= 11 is 0. The van der Waals surface area contributed by atoms with Crippen molar-refractivity contribution in [3.63, 3.8) is 0 Å². The second-order valence-corrected chi connectivity index (χ2v) is 11.4. The Morgan fingerprint density at radius 2 is 1.59 bits per heavy atom. The molecule has 1 aliphatic rings. The van der Waals surface area contributed by atoms with Crippen LogP contribution in [0, 0.1) is 0 Å². The number of carbonyl (C=O) groups excluding carboxylic acids is 1. The quantitative estimate of drug-likeness (QED) is 0.308. The number of rotatable bonds is 7. The molecule has 0 unspecified atom stereocenters. The molecule has 202 valence electrons. The van der Waals surface area contributed by atoms with Gasteiger partial charge < -0.3 is 19.8 Å². The molecule has 0 fully saturated rings. The monoisotopic (exact) mass is 547 g/mol. The van der Waals surface area contributed by atoms with E-state index in [1.54, 1.807) is 31.2 Å². The highest BCUT2D eigenvalue weighted by molar-refractivity contribution is 7.92. The van der Waals surface area contributed by atoms with E-state index in [1.165, 1.54) is 24.4 Å². The van der Waals surface area contributed by atoms with Crippen LogP contribution in [0.1, 0.15) is 54.2 Å². The molecule has 4 aromatic rings. The number of amides is 1. The van der Waals surface area contributed by atoms with Gasteiger partial charge in [0.15, 0.2) is 11.5 Å². The zero-order valence-electron chi connectivity index (χ0n) is 21.8. The van der Waals surface area contributed by atoms with Crippen LogP contribution in [0.25, 0.3) is 10.9 Å². The van der Waals surface area contributed by atoms with Gasteiger partial charge in [0.05, 0.1) is 10.9 Å². The predicted molar refractivity (Wildman–Crippen MR) is 149 cm³/mol. The first-order valence-corrected chi connectivity index (χ1v) is 14.1. The molecule has 9 nitrogen and oxygen atoms in total. The third-order valence-corrected chi connectivity index (χ3v) is 8.03. The van der Waals surface area contributed by atoms with E-state index in [2.05, 4.69) is 28.9 Å². The van der Waals surface area contributed by atoms with Crippen molar-refractivity contribution in [3.05, 3.63) is 93.8 Å². The van der Waals surface area contributed by atoms with Crippen LogP contribution in [0.15, 0.2) is 76.6 Å². The summed E-state index contributed by atoms with van der Waals surface area (Å²) in [4.78, 5) is 29.2. The lowest BCUT2D eigenvalue weighted by Gasteiger charge is -2.21. The number of anilines is 1. The number of nitrogens with one attached hydrogen (secondary N) is 3. The SMILES string of the molecule is CC(C)c1ccc(NS(=O)(=O)c2ccc3[nH]cc(C(=O)N[C@@H](C)c4ccc5c(c4)OCCO5)c(=O)c3c2)cc1. The zero-order valence-corrected chi connectivity index (χ0v) is 22.6. The Morgan fingerprint density at radius 1 is 0.897 bits per heavy atom. The molecule has 2 heterocycles. The van der Waals surface area contributed by atoms with Crippen molar-refractivity contribution < 1.29 is 22.7 Å². The molecular formula is C29H29N3O6S. The van der Waals surface area contributed by atoms with Crippen molar-refractivity contribution in [2.45, 2.75) is 37.6 Å². The molecule has 1 atom stereocenters. The normalized spacial score (nSPS) is 13.7. The van der Waals surface area contributed by atoms with Crippen LogP contribution in [-0.2, 0) is 10.0 Å². The molecule has 1 amide bonds. The zero-order chi connectivity index (χ0) is 27.7. The Morgan fingerprint density at radius 3 is 2.31 bits per heavy atom. The number of benzene rings is 3. The minimum Gasteiger partial charge on any atom is -0.486 e. The summed E-state index contributed by atoms with van der Waals surface area (Å²) in [6, 6.07) is 16.3. The van der Waals surface area contributed by atoms with Gasteiger partial charge >= 0.3 is 0 Å². The van der Waals surface area contributed by atoms with Crippen molar-refractivity contribution in [3.8, 4) is 11.5 Å². The lowest BCUT2D eigenvalue weighted by Crippen LogP contribution is -2.31. The molecule has 0 spiro atoms. The largest absolute Gasteiger partial charge is 0.486 e. The van der Waals surface area contributed by atoms with Crippen molar-refractivity contribution >= 4 is 32.5 Å². The highest BCUT2D eigenvalue weighted by atomic mass is 32.2. The van der Waals surface area contributed by atoms with E-state index < -0.39 is 27.4 Å². The van der Waals surface area contributed by atoms with Crippen LogP contribution in [0.3, 0.4) is 0 Å². The van der Waals surface area contributed by atoms with Gasteiger partial charge in [0, 0.05) is 22.8 Å². The minimum absolute atomic E-state index is 0.0874. The molecule has 0 saturated carbocycles. The molecule has 0 radical (unpaired) electrons. The van der Waals surface area contributed by atoms with Crippen LogP contribution in [0.2, 0.25) is 0 Å². The third kappa shape index (κ3) is 5.46. The number of ether oxygens (including phenoxy) is 2. The standard InChI is InChI=1S/C29H29N3O6S/c1-17(2)19-4-7-21(8-5-19)32-39(35,36)22-9-10-25-23(15-22)28(33)24(16-30-25)29(34)31-18(3)20-6-11-26-27(14-20)38-13-12-37-26/h4-11,14-18,32H,12-13H2,1-3H3,(H,30,33)(H,31,34)/t18-/m0/s1. The maximum Gasteiger partial charge on any atom is 0.261 e. The van der Waals surface area contributed by atoms with E-state index in [0.29, 0.717) is 41.8 Å². The summed E-state index contributed by atoms with van der Waals surface area (Å²) in [6.07, 6.45) is 1.33. The topological polar surface area (TPSA) is 127 Å². The fraction of sp³-hybridized carbons (Fsp3) is 0.241. The van der Waals surface area contributed by atoms with Crippen molar-refractivity contribution in [1.82, 2.24) is 10.3 Å². The lowest BCUT2D eigenvalue weighted by molar-refractivity contribution is 0.0938. The van der Waals surface area contributed by atoms with Gasteiger partial charge in [0.2, 0.25) is 5.43 Å². The van der Waals surface area contributed by atoms with Gasteiger partial charge in [-0.05, 0) is 66.4 Å². The van der Waals surface area contributed by atoms with E-state index in [-0.39, 0.29) is 15.8 Å². The predicted octanol–water partition coefficient (Wildman–Crippen LogP) is 4.71. The molecule has 5 rings (SSSR count). The summed E-state index contributed by atoms with van der Waals surface area (Å²) in [6.45, 7) is 6.83. The van der Waals surface area contributed by atoms with Gasteiger partial charge in [-0.15, -0.1) is 0 Å². The molecule has 0 bridgehead atoms. The number of sulfonamides is 1. The average molecular weight is 548 g/mol. The molecule has 39 heavy (non-hydrogen) atoms. The van der Waals surface area contributed by atoms with E-state index in [1.807, 2.05) is 18.2 Å². The molecule has 0 saturated heterocycles. The van der Waals surface area contributed by atoms with Crippen LogP contribution < -0.4 is 24.9 Å². The number of hydrogen-bond acceptors (Lipinski definition) is 6. The van der Waals surface area contributed by atoms with E-state index in [9.17, 15) is 18.0 Å². The van der Waals surface area contributed by atoms with Crippen LogP contribution >= 0.6 is 0 Å². The van der Waals surface area contributed by atoms with Gasteiger partial charge in [-0.1, -0.05) is 32.0 Å². The maximum atomic E-state index is 13.3. The van der Waals surface area contributed by atoms with Crippen molar-refractivity contribution in [2.75, 3.05) is 17.9 Å². The number of hydrogen-bond donors (Lipinski definition) is 3. The fourth-order valence-electron chi connectivity index (χ4n) is 4.37. The summed E-state index contributed by atoms with van der Waals surface area (Å²) in [5.41, 5.74) is 1.99. The van der Waals surface area contributed by atoms with E-state index in [4.69, 9.17) is 9.47 Å². The van der Waals surface area contributed by atoms with E-state index >= 15 is 0 Å². The highest BCUT2D eigenvalue weighted by Gasteiger charge is 2.21. The number of carbonyl (C=O) groups is 1. The Hall–Kier alpha value is -4.31. The van der Waals surface area contributed by atoms with Crippen molar-refractivity contribution in [1.29, 1.82) is 0 Å². The Labute approximate surface area is 226 Å². The first-order chi connectivity index (χ1) is 18.6. The Kier molecular flexibility index (Phi) is 7.05. The summed E-state index contributed by atoms with van der Waals surface area (Å²) in [5, 5.41) is 2.92. The van der Waals surface area contributed by atoms with E-state index in [0.717, 1.165) is 11.1 Å². The smallest absolute Gasteiger partial charge is 0.261 e. The first kappa shape index (κ1) is 26.3. The second-order valence-electron chi connectivity index (χ2n) is 9.72. The molecule has 10 heteroatoms. The fourth-order valence-corrected chi connectivity index (χ4v) is 5.46. The van der Waals surface area contributed by atoms with Crippen LogP contribution in [-0.4, -0.2) is 32.5 Å². The van der Waals surface area contributed by atoms with Crippen LogP contribution in [0.5, 0.6) is 11.5 Å². The number of aromatic nitrogens is 1. The number of fused-ring (bicyclic) bond motifs is 2. The first-order valence-electron chi connectivity index (χ1n) is 12.6. The molecule has 3 aromatic carbocycles. The molecule has 3 N–H and O–H groups in total. The maximum absolute atomic E-state index is 13.3. The van der Waals surface area contributed by atoms with Gasteiger partial charge in [-0.3, -0.25) is 14.3 Å². The molecule has 1 aromatic heterocycles. The average Bonchev–Trinajstić information content (AvgIpc) is 2.92. The molecule has 1 aliphatic heterocycles. The summed E-state index contributed by atoms with van der Waals surface area (Å²) < 4.78 is 39.9. The Bertz CT molecular complexity index is 1710. The highest BCUT2D eigenvalue weighted by Crippen LogP contribution is 2.32. The number of pyridine rings is 1. The summed E-state index contributed by atoms with van der Waals surface area (Å²) in [5.74, 6) is 0.972. The van der Waals surface area contributed by atoms with Gasteiger partial charge in [0.1, 0.15) is 18.8 Å².